The molecule has 2 aromatic carbocycles. The molecule has 2 rings (SSSR count). The fourth-order valence-corrected chi connectivity index (χ4v) is 1.99. The molecule has 0 aliphatic rings. The fraction of sp³-hybridized carbons (Fsp3) is 0.188. The lowest BCUT2D eigenvalue weighted by Crippen LogP contribution is -1.99. The van der Waals surface area contributed by atoms with Gasteiger partial charge in [0.2, 0.25) is 5.82 Å². The molecule has 0 saturated heterocycles. The average molecular weight is 294 g/mol. The normalized spacial score (nSPS) is 10.5. The number of carbonyl (C=O) groups is 1. The zero-order valence-electron chi connectivity index (χ0n) is 11.3. The summed E-state index contributed by atoms with van der Waals surface area (Å²) in [6.07, 6.45) is 0.515. The van der Waals surface area contributed by atoms with Crippen LogP contribution in [0.15, 0.2) is 30.3 Å². The monoisotopic (exact) mass is 294 g/mol. The van der Waals surface area contributed by atoms with Crippen LogP contribution in [0, 0.1) is 17.5 Å². The highest BCUT2D eigenvalue weighted by Crippen LogP contribution is 2.30. The van der Waals surface area contributed by atoms with E-state index in [4.69, 9.17) is 4.74 Å². The van der Waals surface area contributed by atoms with Crippen molar-refractivity contribution in [2.24, 2.45) is 0 Å². The summed E-state index contributed by atoms with van der Waals surface area (Å²) in [4.78, 5) is 10.4. The van der Waals surface area contributed by atoms with Gasteiger partial charge in [-0.05, 0) is 36.2 Å². The van der Waals surface area contributed by atoms with Crippen LogP contribution in [0.1, 0.15) is 12.5 Å². The number of ether oxygens (including phenoxy) is 1. The quantitative estimate of drug-likeness (QED) is 0.781. The number of halogens is 3. The number of hydrogen-bond acceptors (Lipinski definition) is 2. The molecule has 5 heteroatoms. The predicted molar refractivity (Wildman–Crippen MR) is 72.7 cm³/mol. The van der Waals surface area contributed by atoms with Crippen molar-refractivity contribution < 1.29 is 22.7 Å². The summed E-state index contributed by atoms with van der Waals surface area (Å²) in [6.45, 7) is 1.87. The Kier molecular flexibility index (Phi) is 4.62. The Bertz CT molecular complexity index is 669. The second-order valence-electron chi connectivity index (χ2n) is 4.35. The second-order valence-corrected chi connectivity index (χ2v) is 4.35. The highest BCUT2D eigenvalue weighted by Gasteiger charge is 2.16. The number of benzene rings is 2. The molecule has 0 radical (unpaired) electrons. The van der Waals surface area contributed by atoms with Gasteiger partial charge < -0.3 is 9.53 Å². The van der Waals surface area contributed by atoms with Gasteiger partial charge in [0, 0.05) is 12.0 Å². The molecule has 21 heavy (non-hydrogen) atoms. The van der Waals surface area contributed by atoms with Gasteiger partial charge in [0.05, 0.1) is 6.61 Å². The Balaban J connectivity index is 2.45. The maximum Gasteiger partial charge on any atom is 0.201 e. The van der Waals surface area contributed by atoms with Crippen LogP contribution in [0.3, 0.4) is 0 Å². The van der Waals surface area contributed by atoms with E-state index in [-0.39, 0.29) is 35.5 Å². The summed E-state index contributed by atoms with van der Waals surface area (Å²) < 4.78 is 46.5. The smallest absolute Gasteiger partial charge is 0.201 e. The maximum absolute atomic E-state index is 14.0. The fourth-order valence-electron chi connectivity index (χ4n) is 1.99. The van der Waals surface area contributed by atoms with Gasteiger partial charge in [-0.3, -0.25) is 0 Å². The number of carbonyl (C=O) groups excluding carboxylic acids is 1. The highest BCUT2D eigenvalue weighted by atomic mass is 19.2. The van der Waals surface area contributed by atoms with Gasteiger partial charge in [0.15, 0.2) is 11.6 Å². The number of aldehydes is 1. The van der Waals surface area contributed by atoms with E-state index in [1.54, 1.807) is 6.92 Å². The number of rotatable bonds is 5. The Morgan fingerprint density at radius 3 is 2.48 bits per heavy atom. The molecule has 0 aromatic heterocycles. The molecule has 110 valence electrons. The minimum absolute atomic E-state index is 0.0625. The van der Waals surface area contributed by atoms with Crippen molar-refractivity contribution in [2.45, 2.75) is 13.3 Å². The third-order valence-corrected chi connectivity index (χ3v) is 3.01. The summed E-state index contributed by atoms with van der Waals surface area (Å²) >= 11 is 0. The van der Waals surface area contributed by atoms with Crippen LogP contribution in [0.2, 0.25) is 0 Å². The van der Waals surface area contributed by atoms with E-state index in [1.165, 1.54) is 24.3 Å². The Morgan fingerprint density at radius 1 is 1.10 bits per heavy atom. The van der Waals surface area contributed by atoms with E-state index in [0.29, 0.717) is 6.29 Å². The molecule has 0 atom stereocenters. The van der Waals surface area contributed by atoms with Crippen LogP contribution in [-0.4, -0.2) is 12.9 Å². The third-order valence-electron chi connectivity index (χ3n) is 3.01. The molecular weight excluding hydrogens is 281 g/mol. The number of hydrogen-bond donors (Lipinski definition) is 0. The van der Waals surface area contributed by atoms with Crippen LogP contribution in [0.25, 0.3) is 11.1 Å². The van der Waals surface area contributed by atoms with Crippen molar-refractivity contribution in [1.29, 1.82) is 0 Å². The summed E-state index contributed by atoms with van der Waals surface area (Å²) in [5.41, 5.74) is 0.342. The van der Waals surface area contributed by atoms with Gasteiger partial charge in [-0.25, -0.2) is 8.78 Å². The van der Waals surface area contributed by atoms with Crippen molar-refractivity contribution in [3.8, 4) is 16.9 Å². The molecular formula is C16H13F3O2. The minimum Gasteiger partial charge on any atom is -0.491 e. The van der Waals surface area contributed by atoms with E-state index in [2.05, 4.69) is 0 Å². The summed E-state index contributed by atoms with van der Waals surface area (Å²) in [5, 5.41) is 0. The van der Waals surface area contributed by atoms with Gasteiger partial charge in [-0.2, -0.15) is 4.39 Å². The van der Waals surface area contributed by atoms with E-state index in [0.717, 1.165) is 6.07 Å². The van der Waals surface area contributed by atoms with Crippen molar-refractivity contribution in [3.63, 3.8) is 0 Å². The molecule has 2 nitrogen and oxygen atoms in total. The Morgan fingerprint density at radius 2 is 1.86 bits per heavy atom. The van der Waals surface area contributed by atoms with E-state index < -0.39 is 17.5 Å². The topological polar surface area (TPSA) is 26.3 Å². The molecule has 2 aromatic rings. The van der Waals surface area contributed by atoms with Crippen LogP contribution >= 0.6 is 0 Å². The van der Waals surface area contributed by atoms with Crippen LogP contribution in [-0.2, 0) is 11.2 Å². The first kappa shape index (κ1) is 15.1. The summed E-state index contributed by atoms with van der Waals surface area (Å²) in [7, 11) is 0. The minimum atomic E-state index is -1.10. The Hall–Kier alpha value is -2.30. The molecule has 0 N–H and O–H groups in total. The molecule has 0 bridgehead atoms. The van der Waals surface area contributed by atoms with E-state index >= 15 is 0 Å². The first-order valence-electron chi connectivity index (χ1n) is 6.41. The van der Waals surface area contributed by atoms with Crippen molar-refractivity contribution in [1.82, 2.24) is 0 Å². The largest absolute Gasteiger partial charge is 0.491 e. The van der Waals surface area contributed by atoms with Crippen molar-refractivity contribution in [3.05, 3.63) is 53.3 Å². The lowest BCUT2D eigenvalue weighted by Gasteiger charge is -2.10. The van der Waals surface area contributed by atoms with Crippen LogP contribution in [0.5, 0.6) is 5.75 Å². The van der Waals surface area contributed by atoms with Crippen molar-refractivity contribution in [2.75, 3.05) is 6.61 Å². The zero-order chi connectivity index (χ0) is 15.4. The maximum atomic E-state index is 14.0. The van der Waals surface area contributed by atoms with E-state index in [1.807, 2.05) is 0 Å². The van der Waals surface area contributed by atoms with Crippen LogP contribution < -0.4 is 4.74 Å². The molecule has 0 unspecified atom stereocenters. The molecule has 0 spiro atoms. The lowest BCUT2D eigenvalue weighted by molar-refractivity contribution is -0.107. The van der Waals surface area contributed by atoms with Gasteiger partial charge in [-0.1, -0.05) is 12.1 Å². The molecule has 0 heterocycles. The third kappa shape index (κ3) is 3.07. The summed E-state index contributed by atoms with van der Waals surface area (Å²) in [5.74, 6) is -3.01. The van der Waals surface area contributed by atoms with Crippen LogP contribution in [0.4, 0.5) is 13.2 Å². The van der Waals surface area contributed by atoms with Gasteiger partial charge in [0.25, 0.3) is 0 Å². The zero-order valence-corrected chi connectivity index (χ0v) is 11.3. The molecule has 0 amide bonds. The van der Waals surface area contributed by atoms with Crippen molar-refractivity contribution >= 4 is 6.29 Å². The molecule has 0 fully saturated rings. The standard InChI is InChI=1S/C16H13F3O2/c1-2-21-14-6-5-12(15(18)16(14)19)11-4-3-10(7-8-20)13(17)9-11/h3-6,8-9H,2,7H2,1H3. The average Bonchev–Trinajstić information content (AvgIpc) is 2.47. The van der Waals surface area contributed by atoms with Gasteiger partial charge >= 0.3 is 0 Å². The molecule has 0 aliphatic heterocycles. The van der Waals surface area contributed by atoms with Gasteiger partial charge in [0.1, 0.15) is 12.1 Å². The highest BCUT2D eigenvalue weighted by molar-refractivity contribution is 5.66. The summed E-state index contributed by atoms with van der Waals surface area (Å²) in [6, 6.07) is 6.54. The first-order chi connectivity index (χ1) is 10.1. The Labute approximate surface area is 120 Å². The molecule has 0 aliphatic carbocycles. The predicted octanol–water partition coefficient (Wildman–Crippen LogP) is 3.91. The SMILES string of the molecule is CCOc1ccc(-c2ccc(CC=O)c(F)c2)c(F)c1F. The first-order valence-corrected chi connectivity index (χ1v) is 6.41. The lowest BCUT2D eigenvalue weighted by atomic mass is 10.0. The second kappa shape index (κ2) is 6.43. The van der Waals surface area contributed by atoms with E-state index in [9.17, 15) is 18.0 Å². The van der Waals surface area contributed by atoms with Gasteiger partial charge in [-0.15, -0.1) is 0 Å². The molecule has 0 saturated carbocycles.